The molecule has 20 heavy (non-hydrogen) atoms. The van der Waals surface area contributed by atoms with Gasteiger partial charge in [0.25, 0.3) is 0 Å². The van der Waals surface area contributed by atoms with Crippen LogP contribution in [0.5, 0.6) is 0 Å². The van der Waals surface area contributed by atoms with Crippen molar-refractivity contribution in [2.24, 2.45) is 0 Å². The van der Waals surface area contributed by atoms with Gasteiger partial charge in [-0.2, -0.15) is 0 Å². The Kier molecular flexibility index (Phi) is 5.35. The Morgan fingerprint density at radius 1 is 1.25 bits per heavy atom. The molecule has 0 spiro atoms. The van der Waals surface area contributed by atoms with Crippen LogP contribution in [0.1, 0.15) is 31.7 Å². The van der Waals surface area contributed by atoms with Crippen LogP contribution >= 0.6 is 0 Å². The predicted molar refractivity (Wildman–Crippen MR) is 78.4 cm³/mol. The maximum absolute atomic E-state index is 11.9. The van der Waals surface area contributed by atoms with Gasteiger partial charge in [-0.3, -0.25) is 14.5 Å². The third-order valence-corrected chi connectivity index (χ3v) is 3.72. The molecule has 1 saturated heterocycles. The summed E-state index contributed by atoms with van der Waals surface area (Å²) in [5, 5.41) is 0. The highest BCUT2D eigenvalue weighted by molar-refractivity contribution is 5.76. The molecule has 5 heteroatoms. The van der Waals surface area contributed by atoms with Crippen molar-refractivity contribution in [3.05, 3.63) is 34.2 Å². The van der Waals surface area contributed by atoms with Crippen LogP contribution in [0.25, 0.3) is 0 Å². The van der Waals surface area contributed by atoms with Gasteiger partial charge in [0.1, 0.15) is 0 Å². The van der Waals surface area contributed by atoms with Crippen LogP contribution in [-0.2, 0) is 11.3 Å². The third kappa shape index (κ3) is 4.20. The fourth-order valence-corrected chi connectivity index (χ4v) is 2.44. The molecule has 0 atom stereocenters. The Balaban J connectivity index is 1.78. The highest BCUT2D eigenvalue weighted by Crippen LogP contribution is 2.09. The number of nitrogens with zero attached hydrogens (tertiary/aromatic N) is 2. The monoisotopic (exact) mass is 277 g/mol. The standard InChI is InChI=1S/C15H23N3O2/c1-2-3-4-15(20)18-9-7-17(8-10-18)12-13-5-6-14(19)16-11-13/h5-6,11H,2-4,7-10,12H2,1H3,(H,16,19). The second-order valence-electron chi connectivity index (χ2n) is 5.32. The van der Waals surface area contributed by atoms with Crippen molar-refractivity contribution in [2.75, 3.05) is 26.2 Å². The molecule has 1 amide bonds. The van der Waals surface area contributed by atoms with Gasteiger partial charge < -0.3 is 9.88 Å². The molecule has 0 radical (unpaired) electrons. The second-order valence-corrected chi connectivity index (χ2v) is 5.32. The summed E-state index contributed by atoms with van der Waals surface area (Å²) in [5.41, 5.74) is 1.04. The van der Waals surface area contributed by atoms with E-state index in [1.165, 1.54) is 0 Å². The zero-order valence-corrected chi connectivity index (χ0v) is 12.1. The van der Waals surface area contributed by atoms with Gasteiger partial charge in [0.15, 0.2) is 0 Å². The van der Waals surface area contributed by atoms with Crippen molar-refractivity contribution in [2.45, 2.75) is 32.7 Å². The van der Waals surface area contributed by atoms with Gasteiger partial charge in [-0.1, -0.05) is 19.4 Å². The van der Waals surface area contributed by atoms with E-state index in [0.29, 0.717) is 6.42 Å². The van der Waals surface area contributed by atoms with Gasteiger partial charge in [-0.25, -0.2) is 0 Å². The van der Waals surface area contributed by atoms with Crippen LogP contribution in [0.4, 0.5) is 0 Å². The number of H-pyrrole nitrogens is 1. The van der Waals surface area contributed by atoms with Crippen molar-refractivity contribution in [3.63, 3.8) is 0 Å². The molecule has 0 bridgehead atoms. The van der Waals surface area contributed by atoms with Crippen molar-refractivity contribution < 1.29 is 4.79 Å². The number of carbonyl (C=O) groups excluding carboxylic acids is 1. The highest BCUT2D eigenvalue weighted by atomic mass is 16.2. The van der Waals surface area contributed by atoms with Crippen LogP contribution in [0, 0.1) is 0 Å². The first-order chi connectivity index (χ1) is 9.69. The summed E-state index contributed by atoms with van der Waals surface area (Å²) in [6.07, 6.45) is 4.49. The Bertz CT molecular complexity index is 470. The summed E-state index contributed by atoms with van der Waals surface area (Å²) in [6, 6.07) is 3.41. The average Bonchev–Trinajstić information content (AvgIpc) is 2.48. The van der Waals surface area contributed by atoms with Crippen LogP contribution < -0.4 is 5.56 Å². The summed E-state index contributed by atoms with van der Waals surface area (Å²) in [7, 11) is 0. The molecule has 1 fully saturated rings. The van der Waals surface area contributed by atoms with E-state index in [9.17, 15) is 9.59 Å². The molecule has 110 valence electrons. The fraction of sp³-hybridized carbons (Fsp3) is 0.600. The molecule has 0 unspecified atom stereocenters. The predicted octanol–water partition coefficient (Wildman–Crippen LogP) is 1.21. The molecule has 1 aliphatic rings. The molecule has 5 nitrogen and oxygen atoms in total. The van der Waals surface area contributed by atoms with Crippen LogP contribution in [-0.4, -0.2) is 46.9 Å². The molecule has 1 aliphatic heterocycles. The number of pyridine rings is 1. The molecule has 0 saturated carbocycles. The number of rotatable bonds is 5. The lowest BCUT2D eigenvalue weighted by Crippen LogP contribution is -2.48. The van der Waals surface area contributed by atoms with Crippen LogP contribution in [0.3, 0.4) is 0 Å². The van der Waals surface area contributed by atoms with Gasteiger partial charge in [0.2, 0.25) is 11.5 Å². The van der Waals surface area contributed by atoms with E-state index in [1.54, 1.807) is 12.3 Å². The number of aromatic amines is 1. The van der Waals surface area contributed by atoms with E-state index < -0.39 is 0 Å². The number of nitrogens with one attached hydrogen (secondary N) is 1. The third-order valence-electron chi connectivity index (χ3n) is 3.72. The Labute approximate surface area is 119 Å². The number of unbranched alkanes of at least 4 members (excludes halogenated alkanes) is 1. The number of hydrogen-bond donors (Lipinski definition) is 1. The minimum atomic E-state index is -0.0694. The largest absolute Gasteiger partial charge is 0.340 e. The molecule has 0 aromatic carbocycles. The SMILES string of the molecule is CCCCC(=O)N1CCN(Cc2ccc(=O)[nH]c2)CC1. The maximum atomic E-state index is 11.9. The zero-order valence-electron chi connectivity index (χ0n) is 12.1. The average molecular weight is 277 g/mol. The van der Waals surface area contributed by atoms with Crippen molar-refractivity contribution in [1.29, 1.82) is 0 Å². The smallest absolute Gasteiger partial charge is 0.247 e. The zero-order chi connectivity index (χ0) is 14.4. The first-order valence-electron chi connectivity index (χ1n) is 7.37. The Hall–Kier alpha value is -1.62. The lowest BCUT2D eigenvalue weighted by atomic mass is 10.2. The number of aromatic nitrogens is 1. The number of amides is 1. The number of carbonyl (C=O) groups is 1. The van der Waals surface area contributed by atoms with Gasteiger partial charge in [-0.05, 0) is 12.0 Å². The first-order valence-corrected chi connectivity index (χ1v) is 7.37. The lowest BCUT2D eigenvalue weighted by molar-refractivity contribution is -0.133. The van der Waals surface area contributed by atoms with Crippen molar-refractivity contribution in [1.82, 2.24) is 14.8 Å². The van der Waals surface area contributed by atoms with Crippen LogP contribution in [0.2, 0.25) is 0 Å². The van der Waals surface area contributed by atoms with Gasteiger partial charge in [-0.15, -0.1) is 0 Å². The highest BCUT2D eigenvalue weighted by Gasteiger charge is 2.20. The van der Waals surface area contributed by atoms with Gasteiger partial charge in [0, 0.05) is 51.4 Å². The molecular formula is C15H23N3O2. The minimum absolute atomic E-state index is 0.0694. The maximum Gasteiger partial charge on any atom is 0.247 e. The summed E-state index contributed by atoms with van der Waals surface area (Å²) in [6.45, 7) is 6.36. The summed E-state index contributed by atoms with van der Waals surface area (Å²) < 4.78 is 0. The molecule has 1 N–H and O–H groups in total. The Morgan fingerprint density at radius 2 is 2.00 bits per heavy atom. The van der Waals surface area contributed by atoms with E-state index >= 15 is 0 Å². The van der Waals surface area contributed by atoms with Gasteiger partial charge >= 0.3 is 0 Å². The van der Waals surface area contributed by atoms with E-state index in [-0.39, 0.29) is 11.5 Å². The number of hydrogen-bond acceptors (Lipinski definition) is 3. The first kappa shape index (κ1) is 14.8. The molecule has 2 heterocycles. The summed E-state index contributed by atoms with van der Waals surface area (Å²) in [4.78, 5) is 29.9. The minimum Gasteiger partial charge on any atom is -0.340 e. The topological polar surface area (TPSA) is 56.4 Å². The molecule has 1 aromatic heterocycles. The van der Waals surface area contributed by atoms with Crippen LogP contribution in [0.15, 0.2) is 23.1 Å². The van der Waals surface area contributed by atoms with E-state index in [1.807, 2.05) is 11.0 Å². The van der Waals surface area contributed by atoms with Crippen molar-refractivity contribution >= 4 is 5.91 Å². The number of piperazine rings is 1. The quantitative estimate of drug-likeness (QED) is 0.880. The van der Waals surface area contributed by atoms with Crippen molar-refractivity contribution in [3.8, 4) is 0 Å². The summed E-state index contributed by atoms with van der Waals surface area (Å²) in [5.74, 6) is 0.288. The van der Waals surface area contributed by atoms with E-state index in [4.69, 9.17) is 0 Å². The molecule has 2 rings (SSSR count). The lowest BCUT2D eigenvalue weighted by Gasteiger charge is -2.34. The fourth-order valence-electron chi connectivity index (χ4n) is 2.44. The molecular weight excluding hydrogens is 254 g/mol. The van der Waals surface area contributed by atoms with E-state index in [0.717, 1.165) is 51.1 Å². The summed E-state index contributed by atoms with van der Waals surface area (Å²) >= 11 is 0. The van der Waals surface area contributed by atoms with E-state index in [2.05, 4.69) is 16.8 Å². The van der Waals surface area contributed by atoms with Gasteiger partial charge in [0.05, 0.1) is 0 Å². The Morgan fingerprint density at radius 3 is 2.60 bits per heavy atom. The normalized spacial score (nSPS) is 16.4. The molecule has 1 aromatic rings. The second kappa shape index (κ2) is 7.24. The molecule has 0 aliphatic carbocycles.